The van der Waals surface area contributed by atoms with Crippen LogP contribution in [-0.2, 0) is 24.4 Å². The number of carbonyl (C=O) groups is 1. The molecule has 0 saturated heterocycles. The maximum Gasteiger partial charge on any atom is 0.347 e. The zero-order valence-corrected chi connectivity index (χ0v) is 18.1. The Morgan fingerprint density at radius 3 is 2.15 bits per heavy atom. The molecule has 0 atom stereocenters. The van der Waals surface area contributed by atoms with Crippen molar-refractivity contribution in [2.24, 2.45) is 0 Å². The average molecular weight is 469 g/mol. The van der Waals surface area contributed by atoms with Crippen LogP contribution >= 0.6 is 11.6 Å². The van der Waals surface area contributed by atoms with Gasteiger partial charge in [-0.1, -0.05) is 48.0 Å². The van der Waals surface area contributed by atoms with E-state index in [-0.39, 0.29) is 25.5 Å². The van der Waals surface area contributed by atoms with Crippen LogP contribution in [0.15, 0.2) is 77.6 Å². The second kappa shape index (κ2) is 9.79. The molecule has 168 valence electrons. The third kappa shape index (κ3) is 5.18. The van der Waals surface area contributed by atoms with Crippen LogP contribution in [0.2, 0.25) is 5.02 Å². The fourth-order valence-corrected chi connectivity index (χ4v) is 3.45. The van der Waals surface area contributed by atoms with Crippen molar-refractivity contribution in [1.82, 2.24) is 19.7 Å². The highest BCUT2D eigenvalue weighted by molar-refractivity contribution is 6.30. The van der Waals surface area contributed by atoms with Crippen molar-refractivity contribution in [2.75, 3.05) is 0 Å². The third-order valence-electron chi connectivity index (χ3n) is 5.04. The van der Waals surface area contributed by atoms with E-state index in [0.29, 0.717) is 21.7 Å². The van der Waals surface area contributed by atoms with Crippen LogP contribution in [0.4, 0.5) is 8.78 Å². The van der Waals surface area contributed by atoms with Crippen LogP contribution in [0.1, 0.15) is 11.1 Å². The molecule has 4 aromatic rings. The lowest BCUT2D eigenvalue weighted by Gasteiger charge is -2.07. The molecule has 0 saturated carbocycles. The number of carbonyl (C=O) groups excluding carboxylic acids is 1. The van der Waals surface area contributed by atoms with Crippen LogP contribution in [-0.4, -0.2) is 20.3 Å². The Labute approximate surface area is 193 Å². The van der Waals surface area contributed by atoms with Gasteiger partial charge in [0.1, 0.15) is 18.2 Å². The minimum absolute atomic E-state index is 0.0275. The van der Waals surface area contributed by atoms with Gasteiger partial charge in [0, 0.05) is 28.3 Å². The normalized spacial score (nSPS) is 10.9. The van der Waals surface area contributed by atoms with Gasteiger partial charge in [-0.3, -0.25) is 9.36 Å². The lowest BCUT2D eigenvalue weighted by Crippen LogP contribution is -2.33. The Morgan fingerprint density at radius 2 is 1.52 bits per heavy atom. The summed E-state index contributed by atoms with van der Waals surface area (Å²) in [4.78, 5) is 25.5. The van der Waals surface area contributed by atoms with E-state index in [1.54, 1.807) is 60.7 Å². The fourth-order valence-electron chi connectivity index (χ4n) is 3.32. The minimum Gasteiger partial charge on any atom is -0.350 e. The number of nitrogens with one attached hydrogen (secondary N) is 1. The first-order valence-corrected chi connectivity index (χ1v) is 10.5. The number of hydrogen-bond acceptors (Lipinski definition) is 3. The van der Waals surface area contributed by atoms with Crippen LogP contribution < -0.4 is 11.0 Å². The molecule has 1 heterocycles. The molecule has 1 aromatic heterocycles. The highest BCUT2D eigenvalue weighted by Crippen LogP contribution is 2.20. The molecule has 4 rings (SSSR count). The van der Waals surface area contributed by atoms with Gasteiger partial charge in [0.2, 0.25) is 5.91 Å². The molecule has 0 unspecified atom stereocenters. The Hall–Kier alpha value is -3.78. The largest absolute Gasteiger partial charge is 0.350 e. The molecular formula is C24H19ClF2N4O2. The van der Waals surface area contributed by atoms with Crippen LogP contribution in [0, 0.1) is 11.6 Å². The summed E-state index contributed by atoms with van der Waals surface area (Å²) in [6, 6.07) is 18.9. The molecular weight excluding hydrogens is 450 g/mol. The van der Waals surface area contributed by atoms with Crippen molar-refractivity contribution in [3.8, 4) is 11.4 Å². The van der Waals surface area contributed by atoms with Crippen molar-refractivity contribution in [1.29, 1.82) is 0 Å². The lowest BCUT2D eigenvalue weighted by atomic mass is 10.2. The summed E-state index contributed by atoms with van der Waals surface area (Å²) in [5.41, 5.74) is 0.631. The summed E-state index contributed by atoms with van der Waals surface area (Å²) in [6.07, 6.45) is 0. The molecule has 1 N–H and O–H groups in total. The summed E-state index contributed by atoms with van der Waals surface area (Å²) >= 11 is 5.97. The second-order valence-corrected chi connectivity index (χ2v) is 7.75. The number of halogens is 3. The van der Waals surface area contributed by atoms with E-state index >= 15 is 0 Å². The number of amides is 1. The van der Waals surface area contributed by atoms with E-state index in [2.05, 4.69) is 10.4 Å². The molecule has 0 bridgehead atoms. The maximum absolute atomic E-state index is 14.3. The number of benzene rings is 3. The molecule has 3 aromatic carbocycles. The molecule has 1 amide bonds. The van der Waals surface area contributed by atoms with E-state index in [0.717, 1.165) is 4.68 Å². The van der Waals surface area contributed by atoms with Gasteiger partial charge in [0.05, 0.1) is 6.54 Å². The number of hydrogen-bond donors (Lipinski definition) is 1. The topological polar surface area (TPSA) is 68.9 Å². The zero-order valence-electron chi connectivity index (χ0n) is 17.3. The Bertz CT molecular complexity index is 1350. The molecule has 0 spiro atoms. The van der Waals surface area contributed by atoms with Crippen molar-refractivity contribution in [2.45, 2.75) is 19.6 Å². The number of nitrogens with zero attached hydrogens (tertiary/aromatic N) is 3. The molecule has 33 heavy (non-hydrogen) atoms. The molecule has 0 fully saturated rings. The van der Waals surface area contributed by atoms with Gasteiger partial charge in [0.15, 0.2) is 5.82 Å². The van der Waals surface area contributed by atoms with Crippen molar-refractivity contribution >= 4 is 17.5 Å². The van der Waals surface area contributed by atoms with E-state index in [1.165, 1.54) is 16.7 Å². The summed E-state index contributed by atoms with van der Waals surface area (Å²) in [5.74, 6) is -1.14. The van der Waals surface area contributed by atoms with Gasteiger partial charge in [-0.15, -0.1) is 5.10 Å². The predicted molar refractivity (Wildman–Crippen MR) is 121 cm³/mol. The molecule has 0 aliphatic carbocycles. The van der Waals surface area contributed by atoms with Crippen LogP contribution in [0.5, 0.6) is 0 Å². The van der Waals surface area contributed by atoms with Gasteiger partial charge >= 0.3 is 5.69 Å². The van der Waals surface area contributed by atoms with Gasteiger partial charge in [-0.2, -0.15) is 0 Å². The number of aromatic nitrogens is 3. The first-order valence-electron chi connectivity index (χ1n) is 10.1. The Kier molecular flexibility index (Phi) is 6.65. The summed E-state index contributed by atoms with van der Waals surface area (Å²) in [6.45, 7) is -0.474. The standard InChI is InChI=1S/C24H19ClF2N4O2/c25-19-11-9-16(10-12-19)23-29-31(15-22(32)28-13-17-5-1-3-7-20(17)26)24(33)30(23)14-18-6-2-4-8-21(18)27/h1-12H,13-15H2,(H,28,32). The van der Waals surface area contributed by atoms with E-state index in [4.69, 9.17) is 11.6 Å². The first-order chi connectivity index (χ1) is 15.9. The smallest absolute Gasteiger partial charge is 0.347 e. The van der Waals surface area contributed by atoms with Gasteiger partial charge in [-0.05, 0) is 36.4 Å². The second-order valence-electron chi connectivity index (χ2n) is 7.32. The fraction of sp³-hybridized carbons (Fsp3) is 0.125. The summed E-state index contributed by atoms with van der Waals surface area (Å²) in [7, 11) is 0. The van der Waals surface area contributed by atoms with E-state index in [1.807, 2.05) is 0 Å². The molecule has 6 nitrogen and oxygen atoms in total. The SMILES string of the molecule is O=C(Cn1nc(-c2ccc(Cl)cc2)n(Cc2ccccc2F)c1=O)NCc1ccccc1F. The van der Waals surface area contributed by atoms with Crippen LogP contribution in [0.25, 0.3) is 11.4 Å². The van der Waals surface area contributed by atoms with Crippen molar-refractivity contribution in [3.63, 3.8) is 0 Å². The Balaban J connectivity index is 1.62. The van der Waals surface area contributed by atoms with Crippen molar-refractivity contribution in [3.05, 3.63) is 111 Å². The van der Waals surface area contributed by atoms with E-state index in [9.17, 15) is 18.4 Å². The average Bonchev–Trinajstić information content (AvgIpc) is 3.10. The highest BCUT2D eigenvalue weighted by Gasteiger charge is 2.18. The quantitative estimate of drug-likeness (QED) is 0.445. The first kappa shape index (κ1) is 22.4. The Morgan fingerprint density at radius 1 is 0.909 bits per heavy atom. The molecule has 0 aliphatic heterocycles. The minimum atomic E-state index is -0.579. The summed E-state index contributed by atoms with van der Waals surface area (Å²) < 4.78 is 30.3. The summed E-state index contributed by atoms with van der Waals surface area (Å²) in [5, 5.41) is 7.41. The maximum atomic E-state index is 14.3. The van der Waals surface area contributed by atoms with Crippen molar-refractivity contribution < 1.29 is 13.6 Å². The van der Waals surface area contributed by atoms with E-state index < -0.39 is 23.2 Å². The third-order valence-corrected chi connectivity index (χ3v) is 5.29. The monoisotopic (exact) mass is 468 g/mol. The molecule has 0 aliphatic rings. The zero-order chi connectivity index (χ0) is 23.4. The van der Waals surface area contributed by atoms with Gasteiger partial charge < -0.3 is 5.32 Å². The van der Waals surface area contributed by atoms with Gasteiger partial charge in [-0.25, -0.2) is 18.3 Å². The molecule has 0 radical (unpaired) electrons. The lowest BCUT2D eigenvalue weighted by molar-refractivity contribution is -0.122. The molecule has 9 heteroatoms. The van der Waals surface area contributed by atoms with Crippen LogP contribution in [0.3, 0.4) is 0 Å². The highest BCUT2D eigenvalue weighted by atomic mass is 35.5. The number of rotatable bonds is 7. The predicted octanol–water partition coefficient (Wildman–Crippen LogP) is 4.01. The van der Waals surface area contributed by atoms with Gasteiger partial charge in [0.25, 0.3) is 0 Å².